The summed E-state index contributed by atoms with van der Waals surface area (Å²) in [6.45, 7) is 5.74. The number of benzene rings is 1. The Bertz CT molecular complexity index is 331. The van der Waals surface area contributed by atoms with Gasteiger partial charge in [-0.05, 0) is 33.0 Å². The van der Waals surface area contributed by atoms with E-state index >= 15 is 0 Å². The third-order valence-electron chi connectivity index (χ3n) is 2.10. The normalized spacial score (nSPS) is 14.1. The molecule has 0 aromatic heterocycles. The monoisotopic (exact) mass is 260 g/mol. The van der Waals surface area contributed by atoms with Crippen molar-refractivity contribution in [3.05, 3.63) is 34.1 Å². The van der Waals surface area contributed by atoms with Crippen LogP contribution in [0.25, 0.3) is 0 Å². The maximum atomic E-state index is 13.2. The van der Waals surface area contributed by atoms with Gasteiger partial charge in [-0.15, -0.1) is 0 Å². The summed E-state index contributed by atoms with van der Waals surface area (Å²) in [5.41, 5.74) is 0.300. The molecule has 0 aliphatic heterocycles. The summed E-state index contributed by atoms with van der Waals surface area (Å²) in [5.74, 6) is -0.342. The second-order valence-electron chi connectivity index (χ2n) is 4.41. The van der Waals surface area contributed by atoms with Crippen LogP contribution in [0.4, 0.5) is 4.39 Å². The first-order valence-electron chi connectivity index (χ1n) is 4.46. The lowest BCUT2D eigenvalue weighted by atomic mass is 9.85. The molecule has 1 rings (SSSR count). The Morgan fingerprint density at radius 1 is 1.36 bits per heavy atom. The molecular formula is C11H14BrFO. The van der Waals surface area contributed by atoms with Crippen LogP contribution in [0.5, 0.6) is 0 Å². The van der Waals surface area contributed by atoms with Gasteiger partial charge in [0.1, 0.15) is 5.82 Å². The summed E-state index contributed by atoms with van der Waals surface area (Å²) in [4.78, 5) is 0. The van der Waals surface area contributed by atoms with Crippen molar-refractivity contribution in [3.8, 4) is 0 Å². The van der Waals surface area contributed by atoms with Crippen molar-refractivity contribution in [1.29, 1.82) is 0 Å². The van der Waals surface area contributed by atoms with Crippen molar-refractivity contribution in [3.63, 3.8) is 0 Å². The number of aliphatic hydroxyl groups excluding tert-OH is 1. The molecule has 0 radical (unpaired) electrons. The summed E-state index contributed by atoms with van der Waals surface area (Å²) in [7, 11) is 0. The Balaban J connectivity index is 3.14. The van der Waals surface area contributed by atoms with Gasteiger partial charge in [0.25, 0.3) is 0 Å². The fourth-order valence-electron chi connectivity index (χ4n) is 1.20. The highest BCUT2D eigenvalue weighted by atomic mass is 79.9. The van der Waals surface area contributed by atoms with Crippen LogP contribution in [0, 0.1) is 11.2 Å². The van der Waals surface area contributed by atoms with Gasteiger partial charge in [0, 0.05) is 0 Å². The second-order valence-corrected chi connectivity index (χ2v) is 5.20. The summed E-state index contributed by atoms with van der Waals surface area (Å²) in [6.07, 6.45) is -0.674. The molecule has 1 nitrogen and oxygen atoms in total. The zero-order valence-electron chi connectivity index (χ0n) is 8.51. The molecule has 0 saturated carbocycles. The van der Waals surface area contributed by atoms with Crippen LogP contribution >= 0.6 is 15.9 Å². The molecule has 0 heterocycles. The fraction of sp³-hybridized carbons (Fsp3) is 0.455. The number of hydrogen-bond acceptors (Lipinski definition) is 1. The Kier molecular flexibility index (Phi) is 3.32. The highest BCUT2D eigenvalue weighted by Crippen LogP contribution is 2.36. The van der Waals surface area contributed by atoms with Gasteiger partial charge in [0.05, 0.1) is 10.6 Å². The molecule has 14 heavy (non-hydrogen) atoms. The maximum Gasteiger partial charge on any atom is 0.137 e. The lowest BCUT2D eigenvalue weighted by Crippen LogP contribution is -2.18. The fourth-order valence-corrected chi connectivity index (χ4v) is 1.68. The van der Waals surface area contributed by atoms with Gasteiger partial charge in [-0.25, -0.2) is 4.39 Å². The van der Waals surface area contributed by atoms with Crippen LogP contribution in [-0.4, -0.2) is 5.11 Å². The predicted octanol–water partition coefficient (Wildman–Crippen LogP) is 3.67. The van der Waals surface area contributed by atoms with Crippen LogP contribution in [-0.2, 0) is 0 Å². The van der Waals surface area contributed by atoms with E-state index in [1.165, 1.54) is 6.07 Å². The molecule has 1 atom stereocenters. The van der Waals surface area contributed by atoms with Crippen LogP contribution in [0.15, 0.2) is 22.7 Å². The average molecular weight is 261 g/mol. The van der Waals surface area contributed by atoms with E-state index in [4.69, 9.17) is 0 Å². The van der Waals surface area contributed by atoms with Gasteiger partial charge >= 0.3 is 0 Å². The van der Waals surface area contributed by atoms with Gasteiger partial charge in [0.2, 0.25) is 0 Å². The van der Waals surface area contributed by atoms with Crippen molar-refractivity contribution >= 4 is 15.9 Å². The van der Waals surface area contributed by atoms with Crippen LogP contribution < -0.4 is 0 Å². The van der Waals surface area contributed by atoms with E-state index < -0.39 is 6.10 Å². The highest BCUT2D eigenvalue weighted by Gasteiger charge is 2.26. The largest absolute Gasteiger partial charge is 0.388 e. The van der Waals surface area contributed by atoms with E-state index in [9.17, 15) is 9.50 Å². The van der Waals surface area contributed by atoms with Crippen LogP contribution in [0.2, 0.25) is 0 Å². The minimum absolute atomic E-state index is 0.295. The second kappa shape index (κ2) is 3.99. The standard InChI is InChI=1S/C11H14BrFO/c1-11(2,3)10(14)7-5-4-6-8(13)9(7)12/h4-6,10,14H,1-3H3. The van der Waals surface area contributed by atoms with Gasteiger partial charge in [-0.3, -0.25) is 0 Å². The van der Waals surface area contributed by atoms with E-state index in [-0.39, 0.29) is 11.2 Å². The van der Waals surface area contributed by atoms with Crippen molar-refractivity contribution in [2.75, 3.05) is 0 Å². The van der Waals surface area contributed by atoms with Crippen molar-refractivity contribution in [1.82, 2.24) is 0 Å². The van der Waals surface area contributed by atoms with E-state index in [2.05, 4.69) is 15.9 Å². The van der Waals surface area contributed by atoms with E-state index in [1.54, 1.807) is 12.1 Å². The Morgan fingerprint density at radius 2 is 1.93 bits per heavy atom. The summed E-state index contributed by atoms with van der Waals surface area (Å²) in [6, 6.07) is 4.69. The first kappa shape index (κ1) is 11.7. The molecule has 0 aliphatic rings. The number of aliphatic hydroxyl groups is 1. The molecule has 78 valence electrons. The highest BCUT2D eigenvalue weighted by molar-refractivity contribution is 9.10. The molecule has 0 amide bonds. The third kappa shape index (κ3) is 2.34. The molecule has 1 N–H and O–H groups in total. The van der Waals surface area contributed by atoms with Crippen molar-refractivity contribution in [2.45, 2.75) is 26.9 Å². The molecule has 0 spiro atoms. The van der Waals surface area contributed by atoms with Gasteiger partial charge in [-0.2, -0.15) is 0 Å². The lowest BCUT2D eigenvalue weighted by molar-refractivity contribution is 0.0617. The summed E-state index contributed by atoms with van der Waals surface area (Å²) in [5, 5.41) is 9.97. The third-order valence-corrected chi connectivity index (χ3v) is 2.93. The van der Waals surface area contributed by atoms with Crippen LogP contribution in [0.1, 0.15) is 32.4 Å². The van der Waals surface area contributed by atoms with Crippen LogP contribution in [0.3, 0.4) is 0 Å². The van der Waals surface area contributed by atoms with E-state index in [0.717, 1.165) is 0 Å². The minimum atomic E-state index is -0.674. The molecule has 0 aliphatic carbocycles. The molecular weight excluding hydrogens is 247 g/mol. The molecule has 0 saturated heterocycles. The number of hydrogen-bond donors (Lipinski definition) is 1. The van der Waals surface area contributed by atoms with Gasteiger partial charge in [-0.1, -0.05) is 32.9 Å². The van der Waals surface area contributed by atoms with E-state index in [0.29, 0.717) is 10.0 Å². The first-order chi connectivity index (χ1) is 6.34. The zero-order valence-corrected chi connectivity index (χ0v) is 10.1. The molecule has 0 bridgehead atoms. The average Bonchev–Trinajstić information content (AvgIpc) is 2.07. The number of rotatable bonds is 1. The molecule has 1 aromatic carbocycles. The maximum absolute atomic E-state index is 13.2. The molecule has 1 aromatic rings. The molecule has 0 fully saturated rings. The predicted molar refractivity (Wildman–Crippen MR) is 58.5 cm³/mol. The van der Waals surface area contributed by atoms with Crippen molar-refractivity contribution < 1.29 is 9.50 Å². The Hall–Kier alpha value is -0.410. The lowest BCUT2D eigenvalue weighted by Gasteiger charge is -2.27. The minimum Gasteiger partial charge on any atom is -0.388 e. The first-order valence-corrected chi connectivity index (χ1v) is 5.25. The number of halogens is 2. The molecule has 3 heteroatoms. The Labute approximate surface area is 92.1 Å². The smallest absolute Gasteiger partial charge is 0.137 e. The van der Waals surface area contributed by atoms with E-state index in [1.807, 2.05) is 20.8 Å². The van der Waals surface area contributed by atoms with Gasteiger partial charge in [0.15, 0.2) is 0 Å². The Morgan fingerprint density at radius 3 is 2.43 bits per heavy atom. The summed E-state index contributed by atoms with van der Waals surface area (Å²) < 4.78 is 13.5. The summed E-state index contributed by atoms with van der Waals surface area (Å²) >= 11 is 3.14. The van der Waals surface area contributed by atoms with Crippen molar-refractivity contribution in [2.24, 2.45) is 5.41 Å². The van der Waals surface area contributed by atoms with Gasteiger partial charge < -0.3 is 5.11 Å². The molecule has 1 unspecified atom stereocenters. The SMILES string of the molecule is CC(C)(C)C(O)c1cccc(F)c1Br. The quantitative estimate of drug-likeness (QED) is 0.817. The topological polar surface area (TPSA) is 20.2 Å². The zero-order chi connectivity index (χ0) is 10.9.